The number of fused-ring (bicyclic) bond motifs is 1. The Labute approximate surface area is 104 Å². The fourth-order valence-electron chi connectivity index (χ4n) is 1.75. The minimum Gasteiger partial charge on any atom is -0.478 e. The SMILES string of the molecule is CC(O)CNc1ncc(C(=O)O)c2ccccc12. The van der Waals surface area contributed by atoms with E-state index in [-0.39, 0.29) is 5.56 Å². The molecule has 5 heteroatoms. The van der Waals surface area contributed by atoms with Crippen molar-refractivity contribution in [3.63, 3.8) is 0 Å². The van der Waals surface area contributed by atoms with Crippen molar-refractivity contribution in [1.82, 2.24) is 4.98 Å². The molecule has 0 aliphatic rings. The average molecular weight is 246 g/mol. The maximum Gasteiger partial charge on any atom is 0.337 e. The van der Waals surface area contributed by atoms with Gasteiger partial charge in [-0.15, -0.1) is 0 Å². The molecular weight excluding hydrogens is 232 g/mol. The topological polar surface area (TPSA) is 82.5 Å². The zero-order valence-electron chi connectivity index (χ0n) is 9.92. The molecule has 0 saturated carbocycles. The van der Waals surface area contributed by atoms with Crippen molar-refractivity contribution in [2.75, 3.05) is 11.9 Å². The van der Waals surface area contributed by atoms with E-state index in [2.05, 4.69) is 10.3 Å². The third-order valence-electron chi connectivity index (χ3n) is 2.59. The van der Waals surface area contributed by atoms with E-state index < -0.39 is 12.1 Å². The lowest BCUT2D eigenvalue weighted by molar-refractivity contribution is 0.0698. The molecular formula is C13H14N2O3. The van der Waals surface area contributed by atoms with Gasteiger partial charge in [0.2, 0.25) is 0 Å². The van der Waals surface area contributed by atoms with Crippen LogP contribution in [-0.4, -0.2) is 33.8 Å². The molecule has 0 radical (unpaired) electrons. The second-order valence-electron chi connectivity index (χ2n) is 4.10. The van der Waals surface area contributed by atoms with Gasteiger partial charge in [0.25, 0.3) is 0 Å². The largest absolute Gasteiger partial charge is 0.478 e. The van der Waals surface area contributed by atoms with Gasteiger partial charge in [0.1, 0.15) is 5.82 Å². The van der Waals surface area contributed by atoms with Crippen LogP contribution >= 0.6 is 0 Å². The zero-order chi connectivity index (χ0) is 13.1. The first-order valence-electron chi connectivity index (χ1n) is 5.62. The molecule has 0 aliphatic carbocycles. The smallest absolute Gasteiger partial charge is 0.337 e. The van der Waals surface area contributed by atoms with Gasteiger partial charge < -0.3 is 15.5 Å². The number of pyridine rings is 1. The van der Waals surface area contributed by atoms with Crippen LogP contribution in [0.2, 0.25) is 0 Å². The Morgan fingerprint density at radius 1 is 1.39 bits per heavy atom. The van der Waals surface area contributed by atoms with Crippen LogP contribution in [0, 0.1) is 0 Å². The van der Waals surface area contributed by atoms with Crippen LogP contribution in [0.1, 0.15) is 17.3 Å². The van der Waals surface area contributed by atoms with E-state index in [4.69, 9.17) is 5.11 Å². The Morgan fingerprint density at radius 2 is 2.06 bits per heavy atom. The number of rotatable bonds is 4. The van der Waals surface area contributed by atoms with Gasteiger partial charge in [0.15, 0.2) is 0 Å². The number of aromatic nitrogens is 1. The van der Waals surface area contributed by atoms with Crippen molar-refractivity contribution in [1.29, 1.82) is 0 Å². The summed E-state index contributed by atoms with van der Waals surface area (Å²) < 4.78 is 0. The molecule has 5 nitrogen and oxygen atoms in total. The summed E-state index contributed by atoms with van der Waals surface area (Å²) in [7, 11) is 0. The number of nitrogens with one attached hydrogen (secondary N) is 1. The number of aliphatic hydroxyl groups excluding tert-OH is 1. The van der Waals surface area contributed by atoms with E-state index in [1.165, 1.54) is 6.20 Å². The maximum atomic E-state index is 11.1. The Hall–Kier alpha value is -2.14. The minimum atomic E-state index is -0.999. The van der Waals surface area contributed by atoms with E-state index in [0.717, 1.165) is 5.39 Å². The van der Waals surface area contributed by atoms with Gasteiger partial charge in [-0.1, -0.05) is 24.3 Å². The van der Waals surface area contributed by atoms with Crippen molar-refractivity contribution in [3.05, 3.63) is 36.0 Å². The molecule has 1 aromatic carbocycles. The summed E-state index contributed by atoms with van der Waals surface area (Å²) in [6.45, 7) is 2.03. The van der Waals surface area contributed by atoms with Crippen molar-refractivity contribution in [3.8, 4) is 0 Å². The Morgan fingerprint density at radius 3 is 2.67 bits per heavy atom. The number of carboxylic acid groups (broad SMARTS) is 1. The van der Waals surface area contributed by atoms with E-state index >= 15 is 0 Å². The summed E-state index contributed by atoms with van der Waals surface area (Å²) >= 11 is 0. The quantitative estimate of drug-likeness (QED) is 0.765. The molecule has 1 unspecified atom stereocenters. The summed E-state index contributed by atoms with van der Waals surface area (Å²) in [6, 6.07) is 7.16. The van der Waals surface area contributed by atoms with Crippen LogP contribution in [-0.2, 0) is 0 Å². The zero-order valence-corrected chi connectivity index (χ0v) is 9.92. The van der Waals surface area contributed by atoms with Gasteiger partial charge in [0.05, 0.1) is 11.7 Å². The van der Waals surface area contributed by atoms with Gasteiger partial charge in [-0.3, -0.25) is 0 Å². The van der Waals surface area contributed by atoms with Gasteiger partial charge in [-0.05, 0) is 6.92 Å². The van der Waals surface area contributed by atoms with Crippen LogP contribution in [0.3, 0.4) is 0 Å². The predicted molar refractivity (Wildman–Crippen MR) is 68.9 cm³/mol. The van der Waals surface area contributed by atoms with Crippen molar-refractivity contribution < 1.29 is 15.0 Å². The number of aromatic carboxylic acids is 1. The Kier molecular flexibility index (Phi) is 3.43. The highest BCUT2D eigenvalue weighted by molar-refractivity contribution is 6.06. The minimum absolute atomic E-state index is 0.174. The summed E-state index contributed by atoms with van der Waals surface area (Å²) in [5, 5.41) is 22.7. The highest BCUT2D eigenvalue weighted by Crippen LogP contribution is 2.24. The molecule has 1 atom stereocenters. The van der Waals surface area contributed by atoms with Crippen molar-refractivity contribution in [2.45, 2.75) is 13.0 Å². The van der Waals surface area contributed by atoms with Crippen LogP contribution in [0.4, 0.5) is 5.82 Å². The van der Waals surface area contributed by atoms with Crippen LogP contribution in [0.5, 0.6) is 0 Å². The standard InChI is InChI=1S/C13H14N2O3/c1-8(16)6-14-12-10-5-3-2-4-9(10)11(7-15-12)13(17)18/h2-5,7-8,16H,6H2,1H3,(H,14,15)(H,17,18). The molecule has 3 N–H and O–H groups in total. The van der Waals surface area contributed by atoms with E-state index in [1.54, 1.807) is 25.1 Å². The van der Waals surface area contributed by atoms with E-state index in [0.29, 0.717) is 17.7 Å². The molecule has 94 valence electrons. The number of carbonyl (C=O) groups is 1. The van der Waals surface area contributed by atoms with Gasteiger partial charge in [0, 0.05) is 23.5 Å². The van der Waals surface area contributed by atoms with Crippen molar-refractivity contribution in [2.24, 2.45) is 0 Å². The number of hydrogen-bond donors (Lipinski definition) is 3. The van der Waals surface area contributed by atoms with Gasteiger partial charge in [-0.2, -0.15) is 0 Å². The normalized spacial score (nSPS) is 12.3. The third-order valence-corrected chi connectivity index (χ3v) is 2.59. The molecule has 2 aromatic rings. The first-order chi connectivity index (χ1) is 8.59. The maximum absolute atomic E-state index is 11.1. The lowest BCUT2D eigenvalue weighted by Crippen LogP contribution is -2.16. The fourth-order valence-corrected chi connectivity index (χ4v) is 1.75. The summed E-state index contributed by atoms with van der Waals surface area (Å²) in [6.07, 6.45) is 0.833. The lowest BCUT2D eigenvalue weighted by Gasteiger charge is -2.11. The number of carboxylic acids is 1. The number of nitrogens with zero attached hydrogens (tertiary/aromatic N) is 1. The first-order valence-corrected chi connectivity index (χ1v) is 5.62. The molecule has 0 amide bonds. The number of aliphatic hydroxyl groups is 1. The molecule has 0 spiro atoms. The van der Waals surface area contributed by atoms with E-state index in [9.17, 15) is 9.90 Å². The molecule has 0 fully saturated rings. The molecule has 18 heavy (non-hydrogen) atoms. The molecule has 1 heterocycles. The molecule has 2 rings (SSSR count). The summed E-state index contributed by atoms with van der Waals surface area (Å²) in [5.74, 6) is -0.419. The highest BCUT2D eigenvalue weighted by atomic mass is 16.4. The second kappa shape index (κ2) is 5.01. The predicted octanol–water partition coefficient (Wildman–Crippen LogP) is 1.73. The van der Waals surface area contributed by atoms with E-state index in [1.807, 2.05) is 6.07 Å². The highest BCUT2D eigenvalue weighted by Gasteiger charge is 2.12. The van der Waals surface area contributed by atoms with Gasteiger partial charge >= 0.3 is 5.97 Å². The second-order valence-corrected chi connectivity index (χ2v) is 4.10. The average Bonchev–Trinajstić information content (AvgIpc) is 2.35. The fraction of sp³-hybridized carbons (Fsp3) is 0.231. The summed E-state index contributed by atoms with van der Waals surface area (Å²) in [5.41, 5.74) is 0.174. The first kappa shape index (κ1) is 12.3. The molecule has 1 aromatic heterocycles. The third kappa shape index (κ3) is 2.41. The lowest BCUT2D eigenvalue weighted by atomic mass is 10.1. The molecule has 0 saturated heterocycles. The van der Waals surface area contributed by atoms with Crippen molar-refractivity contribution >= 4 is 22.6 Å². The number of benzene rings is 1. The number of hydrogen-bond acceptors (Lipinski definition) is 4. The Balaban J connectivity index is 2.50. The van der Waals surface area contributed by atoms with Gasteiger partial charge in [-0.25, -0.2) is 9.78 Å². The monoisotopic (exact) mass is 246 g/mol. The number of anilines is 1. The molecule has 0 aliphatic heterocycles. The molecule has 0 bridgehead atoms. The summed E-state index contributed by atoms with van der Waals surface area (Å²) in [4.78, 5) is 15.2. The Bertz CT molecular complexity index is 581. The van der Waals surface area contributed by atoms with Crippen LogP contribution in [0.15, 0.2) is 30.5 Å². The van der Waals surface area contributed by atoms with Crippen LogP contribution in [0.25, 0.3) is 10.8 Å². The van der Waals surface area contributed by atoms with Crippen LogP contribution < -0.4 is 5.32 Å².